The summed E-state index contributed by atoms with van der Waals surface area (Å²) in [7, 11) is 0. The van der Waals surface area contributed by atoms with Crippen molar-refractivity contribution >= 4 is 23.5 Å². The van der Waals surface area contributed by atoms with Gasteiger partial charge in [-0.1, -0.05) is 44.2 Å². The number of rotatable bonds is 3. The number of thioether (sulfide) groups is 1. The number of aryl methyl sites for hydroxylation is 2. The van der Waals surface area contributed by atoms with Crippen LogP contribution >= 0.6 is 11.8 Å². The molecule has 2 aromatic carbocycles. The first-order valence-corrected chi connectivity index (χ1v) is 9.87. The van der Waals surface area contributed by atoms with Crippen molar-refractivity contribution in [2.45, 2.75) is 39.0 Å². The second kappa shape index (κ2) is 7.52. The Morgan fingerprint density at radius 2 is 1.84 bits per heavy atom. The molecule has 2 amide bonds. The molecule has 4 heteroatoms. The van der Waals surface area contributed by atoms with Crippen LogP contribution in [0.2, 0.25) is 0 Å². The quantitative estimate of drug-likeness (QED) is 0.766. The molecule has 2 aromatic rings. The third-order valence-corrected chi connectivity index (χ3v) is 6.06. The highest BCUT2D eigenvalue weighted by Crippen LogP contribution is 2.38. The lowest BCUT2D eigenvalue weighted by Crippen LogP contribution is -2.34. The first kappa shape index (κ1) is 17.9. The van der Waals surface area contributed by atoms with E-state index in [9.17, 15) is 4.79 Å². The first-order valence-electron chi connectivity index (χ1n) is 8.82. The van der Waals surface area contributed by atoms with Crippen molar-refractivity contribution < 1.29 is 4.79 Å². The van der Waals surface area contributed by atoms with Gasteiger partial charge >= 0.3 is 6.03 Å². The molecule has 1 N–H and O–H groups in total. The third-order valence-electron chi connectivity index (χ3n) is 4.80. The van der Waals surface area contributed by atoms with Gasteiger partial charge in [-0.15, -0.1) is 11.8 Å². The Morgan fingerprint density at radius 1 is 1.12 bits per heavy atom. The van der Waals surface area contributed by atoms with E-state index < -0.39 is 0 Å². The zero-order valence-electron chi connectivity index (χ0n) is 15.4. The summed E-state index contributed by atoms with van der Waals surface area (Å²) < 4.78 is 0. The molecule has 0 unspecified atom stereocenters. The molecule has 0 spiro atoms. The van der Waals surface area contributed by atoms with E-state index in [-0.39, 0.29) is 11.4 Å². The number of amides is 2. The van der Waals surface area contributed by atoms with Gasteiger partial charge in [0.15, 0.2) is 0 Å². The molecule has 1 atom stereocenters. The molecule has 0 aliphatic carbocycles. The maximum Gasteiger partial charge on any atom is 0.323 e. The minimum absolute atomic E-state index is 0.0220. The highest BCUT2D eigenvalue weighted by Gasteiger charge is 2.30. The van der Waals surface area contributed by atoms with Gasteiger partial charge in [-0.3, -0.25) is 0 Å². The summed E-state index contributed by atoms with van der Waals surface area (Å²) in [6, 6.07) is 14.7. The Bertz CT molecular complexity index is 755. The summed E-state index contributed by atoms with van der Waals surface area (Å²) in [5.74, 6) is 1.49. The fourth-order valence-electron chi connectivity index (χ4n) is 3.01. The van der Waals surface area contributed by atoms with E-state index in [2.05, 4.69) is 57.3 Å². The average molecular weight is 355 g/mol. The van der Waals surface area contributed by atoms with Crippen molar-refractivity contribution in [2.24, 2.45) is 0 Å². The summed E-state index contributed by atoms with van der Waals surface area (Å²) in [6.07, 6.45) is 0. The molecule has 0 radical (unpaired) electrons. The third kappa shape index (κ3) is 4.01. The van der Waals surface area contributed by atoms with Crippen LogP contribution in [0, 0.1) is 13.8 Å². The van der Waals surface area contributed by atoms with Gasteiger partial charge in [0.05, 0.1) is 0 Å². The highest BCUT2D eigenvalue weighted by molar-refractivity contribution is 7.99. The molecule has 1 fully saturated rings. The van der Waals surface area contributed by atoms with E-state index in [1.54, 1.807) is 0 Å². The van der Waals surface area contributed by atoms with Crippen LogP contribution in [-0.2, 0) is 0 Å². The Kier molecular flexibility index (Phi) is 5.38. The number of urea groups is 1. The molecule has 3 rings (SSSR count). The van der Waals surface area contributed by atoms with Gasteiger partial charge in [-0.2, -0.15) is 0 Å². The number of benzene rings is 2. The summed E-state index contributed by atoms with van der Waals surface area (Å²) >= 11 is 1.83. The van der Waals surface area contributed by atoms with Crippen LogP contribution in [0.15, 0.2) is 42.5 Å². The van der Waals surface area contributed by atoms with Crippen molar-refractivity contribution in [3.05, 3.63) is 64.7 Å². The SMILES string of the molecule is Cc1ccc(NC(=O)N2CCS[C@H]2c2ccc(C(C)C)cc2)cc1C. The summed E-state index contributed by atoms with van der Waals surface area (Å²) in [5.41, 5.74) is 5.81. The lowest BCUT2D eigenvalue weighted by molar-refractivity contribution is 0.214. The van der Waals surface area contributed by atoms with Crippen molar-refractivity contribution in [3.8, 4) is 0 Å². The maximum atomic E-state index is 12.8. The van der Waals surface area contributed by atoms with Crippen LogP contribution < -0.4 is 5.32 Å². The lowest BCUT2D eigenvalue weighted by Gasteiger charge is -2.25. The van der Waals surface area contributed by atoms with Crippen molar-refractivity contribution in [3.63, 3.8) is 0 Å². The topological polar surface area (TPSA) is 32.3 Å². The Morgan fingerprint density at radius 3 is 2.48 bits per heavy atom. The van der Waals surface area contributed by atoms with Crippen LogP contribution in [0.25, 0.3) is 0 Å². The van der Waals surface area contributed by atoms with E-state index in [0.29, 0.717) is 5.92 Å². The number of carbonyl (C=O) groups excluding carboxylic acids is 1. The number of hydrogen-bond donors (Lipinski definition) is 1. The van der Waals surface area contributed by atoms with E-state index in [1.807, 2.05) is 34.9 Å². The number of nitrogens with one attached hydrogen (secondary N) is 1. The van der Waals surface area contributed by atoms with Crippen LogP contribution in [-0.4, -0.2) is 23.2 Å². The minimum Gasteiger partial charge on any atom is -0.308 e. The van der Waals surface area contributed by atoms with Gasteiger partial charge in [0, 0.05) is 18.0 Å². The minimum atomic E-state index is -0.0220. The predicted octanol–water partition coefficient (Wildman–Crippen LogP) is 5.71. The smallest absolute Gasteiger partial charge is 0.308 e. The molecule has 0 bridgehead atoms. The van der Waals surface area contributed by atoms with E-state index in [1.165, 1.54) is 22.3 Å². The number of hydrogen-bond acceptors (Lipinski definition) is 2. The molecule has 0 saturated carbocycles. The zero-order chi connectivity index (χ0) is 18.0. The fourth-order valence-corrected chi connectivity index (χ4v) is 4.27. The standard InChI is InChI=1S/C21H26N2OS/c1-14(2)17-6-8-18(9-7-17)20-23(11-12-25-20)21(24)22-19-10-5-15(3)16(4)13-19/h5-10,13-14,20H,11-12H2,1-4H3,(H,22,24)/t20-/m0/s1. The molecular weight excluding hydrogens is 328 g/mol. The number of nitrogens with zero attached hydrogens (tertiary/aromatic N) is 1. The monoisotopic (exact) mass is 354 g/mol. The van der Waals surface area contributed by atoms with Crippen molar-refractivity contribution in [1.29, 1.82) is 0 Å². The van der Waals surface area contributed by atoms with Crippen molar-refractivity contribution in [2.75, 3.05) is 17.6 Å². The molecule has 3 nitrogen and oxygen atoms in total. The number of carbonyl (C=O) groups is 1. The summed E-state index contributed by atoms with van der Waals surface area (Å²) in [4.78, 5) is 14.7. The van der Waals surface area contributed by atoms with Gasteiger partial charge < -0.3 is 10.2 Å². The fraction of sp³-hybridized carbons (Fsp3) is 0.381. The van der Waals surface area contributed by atoms with Crippen molar-refractivity contribution in [1.82, 2.24) is 4.90 Å². The summed E-state index contributed by atoms with van der Waals surface area (Å²) in [6.45, 7) is 9.31. The largest absolute Gasteiger partial charge is 0.323 e. The molecule has 1 heterocycles. The van der Waals surface area contributed by atoms with Crippen LogP contribution in [0.5, 0.6) is 0 Å². The summed E-state index contributed by atoms with van der Waals surface area (Å²) in [5, 5.41) is 3.15. The molecular formula is C21H26N2OS. The van der Waals surface area contributed by atoms with Crippen LogP contribution in [0.1, 0.15) is 47.4 Å². The van der Waals surface area contributed by atoms with Gasteiger partial charge in [0.1, 0.15) is 5.37 Å². The van der Waals surface area contributed by atoms with Gasteiger partial charge in [-0.05, 0) is 54.2 Å². The van der Waals surface area contributed by atoms with Gasteiger partial charge in [0.2, 0.25) is 0 Å². The molecule has 25 heavy (non-hydrogen) atoms. The van der Waals surface area contributed by atoms with Gasteiger partial charge in [0.25, 0.3) is 0 Å². The van der Waals surface area contributed by atoms with Crippen LogP contribution in [0.3, 0.4) is 0 Å². The Labute approximate surface area is 154 Å². The second-order valence-electron chi connectivity index (χ2n) is 6.97. The lowest BCUT2D eigenvalue weighted by atomic mass is 10.0. The highest BCUT2D eigenvalue weighted by atomic mass is 32.2. The van der Waals surface area contributed by atoms with Gasteiger partial charge in [-0.25, -0.2) is 4.79 Å². The van der Waals surface area contributed by atoms with Crippen LogP contribution in [0.4, 0.5) is 10.5 Å². The molecule has 1 aliphatic heterocycles. The molecule has 132 valence electrons. The second-order valence-corrected chi connectivity index (χ2v) is 8.16. The molecule has 0 aromatic heterocycles. The van der Waals surface area contributed by atoms with E-state index in [0.717, 1.165) is 18.0 Å². The Balaban J connectivity index is 1.74. The molecule has 1 aliphatic rings. The predicted molar refractivity (Wildman–Crippen MR) is 107 cm³/mol. The maximum absolute atomic E-state index is 12.8. The zero-order valence-corrected chi connectivity index (χ0v) is 16.2. The Hall–Kier alpha value is -1.94. The van der Waals surface area contributed by atoms with E-state index in [4.69, 9.17) is 0 Å². The number of anilines is 1. The normalized spacial score (nSPS) is 17.2. The van der Waals surface area contributed by atoms with E-state index >= 15 is 0 Å². The first-order chi connectivity index (χ1) is 12.0. The molecule has 1 saturated heterocycles. The average Bonchev–Trinajstić information content (AvgIpc) is 3.08.